The van der Waals surface area contributed by atoms with E-state index in [2.05, 4.69) is 5.32 Å². The number of amides is 2. The van der Waals surface area contributed by atoms with E-state index in [-0.39, 0.29) is 25.1 Å². The number of hydrogen-bond acceptors (Lipinski definition) is 7. The summed E-state index contributed by atoms with van der Waals surface area (Å²) in [7, 11) is 1.48. The second-order valence-electron chi connectivity index (χ2n) is 12.0. The number of carbonyl (C=O) groups is 3. The first-order valence-corrected chi connectivity index (χ1v) is 15.4. The van der Waals surface area contributed by atoms with Crippen LogP contribution in [-0.4, -0.2) is 77.8 Å². The van der Waals surface area contributed by atoms with Crippen molar-refractivity contribution in [1.29, 1.82) is 0 Å². The second-order valence-corrected chi connectivity index (χ2v) is 12.0. The van der Waals surface area contributed by atoms with Gasteiger partial charge in [0, 0.05) is 35.7 Å². The SMILES string of the molecule is COc1cc(C=O)cc2c1OC1C2C(C(=O)NCCO)=CC(N(C(=O)CCC2CCCC2)C2CCCCCC2)C1O. The first-order valence-electron chi connectivity index (χ1n) is 15.4. The van der Waals surface area contributed by atoms with Gasteiger partial charge in [0.05, 0.1) is 25.7 Å². The number of aliphatic hydroxyl groups is 2. The Labute approximate surface area is 242 Å². The van der Waals surface area contributed by atoms with Gasteiger partial charge < -0.3 is 29.9 Å². The zero-order valence-corrected chi connectivity index (χ0v) is 24.1. The fraction of sp³-hybridized carbons (Fsp3) is 0.656. The van der Waals surface area contributed by atoms with E-state index in [4.69, 9.17) is 9.47 Å². The van der Waals surface area contributed by atoms with E-state index in [0.717, 1.165) is 57.8 Å². The highest BCUT2D eigenvalue weighted by atomic mass is 16.5. The molecule has 0 saturated heterocycles. The Kier molecular flexibility index (Phi) is 9.65. The van der Waals surface area contributed by atoms with Crippen molar-refractivity contribution in [2.75, 3.05) is 20.3 Å². The maximum Gasteiger partial charge on any atom is 0.247 e. The number of aliphatic hydroxyl groups excluding tert-OH is 2. The van der Waals surface area contributed by atoms with Crippen molar-refractivity contribution >= 4 is 18.1 Å². The molecule has 4 unspecified atom stereocenters. The Bertz CT molecular complexity index is 1140. The van der Waals surface area contributed by atoms with E-state index in [1.165, 1.54) is 20.0 Å². The Hall–Kier alpha value is -2.91. The highest BCUT2D eigenvalue weighted by Crippen LogP contribution is 2.51. The number of fused-ring (bicyclic) bond motifs is 3. The number of hydrogen-bond donors (Lipinski definition) is 3. The fourth-order valence-electron chi connectivity index (χ4n) is 7.43. The minimum Gasteiger partial charge on any atom is -0.493 e. The number of carbonyl (C=O) groups excluding carboxylic acids is 3. The lowest BCUT2D eigenvalue weighted by Gasteiger charge is -2.44. The van der Waals surface area contributed by atoms with Crippen LogP contribution in [0.1, 0.15) is 98.9 Å². The minimum atomic E-state index is -1.09. The van der Waals surface area contributed by atoms with Gasteiger partial charge in [0.2, 0.25) is 11.8 Å². The summed E-state index contributed by atoms with van der Waals surface area (Å²) < 4.78 is 11.9. The third-order valence-electron chi connectivity index (χ3n) is 9.48. The first-order chi connectivity index (χ1) is 20.0. The molecule has 224 valence electrons. The van der Waals surface area contributed by atoms with E-state index >= 15 is 0 Å². The molecular weight excluding hydrogens is 524 g/mol. The minimum absolute atomic E-state index is 0.0222. The molecular formula is C32H44N2O7. The zero-order valence-electron chi connectivity index (χ0n) is 24.1. The number of rotatable bonds is 10. The summed E-state index contributed by atoms with van der Waals surface area (Å²) in [5.41, 5.74) is 1.33. The molecule has 2 saturated carbocycles. The molecule has 5 rings (SSSR count). The molecule has 1 aromatic rings. The van der Waals surface area contributed by atoms with Crippen LogP contribution in [0.3, 0.4) is 0 Å². The third kappa shape index (κ3) is 6.16. The Morgan fingerprint density at radius 2 is 1.80 bits per heavy atom. The number of benzene rings is 1. The maximum atomic E-state index is 14.1. The lowest BCUT2D eigenvalue weighted by molar-refractivity contribution is -0.141. The van der Waals surface area contributed by atoms with Crippen molar-refractivity contribution in [3.8, 4) is 11.5 Å². The van der Waals surface area contributed by atoms with Crippen LogP contribution in [0.5, 0.6) is 11.5 Å². The normalized spacial score (nSPS) is 26.3. The van der Waals surface area contributed by atoms with E-state index in [1.807, 2.05) is 4.90 Å². The standard InChI is InChI=1S/C32H44N2O7/c1-40-26-17-21(19-36)16-23-28-24(32(39)33-14-15-35)18-25(29(38)31(28)41-30(23)26)34(22-10-4-2-3-5-11-22)27(37)13-12-20-8-6-7-9-20/h16-20,22,25,28-29,31,35,38H,2-15H2,1H3,(H,33,39). The molecule has 41 heavy (non-hydrogen) atoms. The molecule has 4 aliphatic rings. The number of nitrogens with zero attached hydrogens (tertiary/aromatic N) is 1. The topological polar surface area (TPSA) is 125 Å². The molecule has 0 spiro atoms. The average Bonchev–Trinajstić information content (AvgIpc) is 3.57. The molecule has 1 heterocycles. The largest absolute Gasteiger partial charge is 0.493 e. The molecule has 0 radical (unpaired) electrons. The summed E-state index contributed by atoms with van der Waals surface area (Å²) >= 11 is 0. The van der Waals surface area contributed by atoms with Crippen LogP contribution in [0.2, 0.25) is 0 Å². The molecule has 3 aliphatic carbocycles. The number of methoxy groups -OCH3 is 1. The van der Waals surface area contributed by atoms with Gasteiger partial charge in [-0.2, -0.15) is 0 Å². The summed E-state index contributed by atoms with van der Waals surface area (Å²) in [6.07, 6.45) is 12.6. The lowest BCUT2D eigenvalue weighted by atomic mass is 9.76. The van der Waals surface area contributed by atoms with Gasteiger partial charge in [0.15, 0.2) is 11.5 Å². The van der Waals surface area contributed by atoms with Gasteiger partial charge in [-0.1, -0.05) is 51.4 Å². The Morgan fingerprint density at radius 3 is 2.46 bits per heavy atom. The molecule has 1 aromatic carbocycles. The van der Waals surface area contributed by atoms with Gasteiger partial charge in [0.1, 0.15) is 18.5 Å². The van der Waals surface area contributed by atoms with Gasteiger partial charge >= 0.3 is 0 Å². The van der Waals surface area contributed by atoms with Crippen LogP contribution in [0.25, 0.3) is 0 Å². The van der Waals surface area contributed by atoms with Crippen molar-refractivity contribution in [1.82, 2.24) is 10.2 Å². The fourth-order valence-corrected chi connectivity index (χ4v) is 7.43. The van der Waals surface area contributed by atoms with Crippen molar-refractivity contribution in [3.05, 3.63) is 34.9 Å². The number of ether oxygens (including phenoxy) is 2. The predicted octanol–water partition coefficient (Wildman–Crippen LogP) is 3.65. The van der Waals surface area contributed by atoms with Crippen LogP contribution in [0, 0.1) is 5.92 Å². The molecule has 0 bridgehead atoms. The zero-order chi connectivity index (χ0) is 28.9. The average molecular weight is 569 g/mol. The molecule has 9 heteroatoms. The van der Waals surface area contributed by atoms with Gasteiger partial charge in [0.25, 0.3) is 0 Å². The van der Waals surface area contributed by atoms with E-state index in [9.17, 15) is 24.6 Å². The molecule has 4 atom stereocenters. The van der Waals surface area contributed by atoms with Crippen LogP contribution < -0.4 is 14.8 Å². The first kappa shape index (κ1) is 29.6. The van der Waals surface area contributed by atoms with Crippen molar-refractivity contribution in [2.45, 2.75) is 107 Å². The van der Waals surface area contributed by atoms with Crippen LogP contribution >= 0.6 is 0 Å². The predicted molar refractivity (Wildman–Crippen MR) is 153 cm³/mol. The van der Waals surface area contributed by atoms with E-state index < -0.39 is 30.1 Å². The van der Waals surface area contributed by atoms with Gasteiger partial charge in [-0.15, -0.1) is 0 Å². The molecule has 9 nitrogen and oxygen atoms in total. The number of aldehydes is 1. The number of nitrogens with one attached hydrogen (secondary N) is 1. The van der Waals surface area contributed by atoms with Crippen molar-refractivity contribution < 1.29 is 34.1 Å². The van der Waals surface area contributed by atoms with Crippen molar-refractivity contribution in [2.24, 2.45) is 5.92 Å². The van der Waals surface area contributed by atoms with E-state index in [0.29, 0.717) is 46.8 Å². The molecule has 2 fully saturated rings. The van der Waals surface area contributed by atoms with Gasteiger partial charge in [-0.05, 0) is 43.4 Å². The van der Waals surface area contributed by atoms with Crippen molar-refractivity contribution in [3.63, 3.8) is 0 Å². The summed E-state index contributed by atoms with van der Waals surface area (Å²) in [5, 5.41) is 24.1. The smallest absolute Gasteiger partial charge is 0.247 e. The quantitative estimate of drug-likeness (QED) is 0.291. The maximum absolute atomic E-state index is 14.1. The lowest BCUT2D eigenvalue weighted by Crippen LogP contribution is -2.58. The molecule has 0 aromatic heterocycles. The van der Waals surface area contributed by atoms with Gasteiger partial charge in [-0.3, -0.25) is 14.4 Å². The van der Waals surface area contributed by atoms with Crippen LogP contribution in [0.15, 0.2) is 23.8 Å². The van der Waals surface area contributed by atoms with Gasteiger partial charge in [-0.25, -0.2) is 0 Å². The van der Waals surface area contributed by atoms with E-state index in [1.54, 1.807) is 18.2 Å². The summed E-state index contributed by atoms with van der Waals surface area (Å²) in [5.74, 6) is 0.283. The highest BCUT2D eigenvalue weighted by Gasteiger charge is 2.52. The summed E-state index contributed by atoms with van der Waals surface area (Å²) in [4.78, 5) is 41.2. The Balaban J connectivity index is 1.54. The molecule has 1 aliphatic heterocycles. The highest BCUT2D eigenvalue weighted by molar-refractivity contribution is 5.96. The molecule has 2 amide bonds. The summed E-state index contributed by atoms with van der Waals surface area (Å²) in [6, 6.07) is 2.48. The monoisotopic (exact) mass is 568 g/mol. The third-order valence-corrected chi connectivity index (χ3v) is 9.48. The van der Waals surface area contributed by atoms with Crippen LogP contribution in [-0.2, 0) is 9.59 Å². The Morgan fingerprint density at radius 1 is 1.10 bits per heavy atom. The second kappa shape index (κ2) is 13.4. The van der Waals surface area contributed by atoms with Crippen LogP contribution in [0.4, 0.5) is 0 Å². The summed E-state index contributed by atoms with van der Waals surface area (Å²) in [6.45, 7) is -0.151. The molecule has 3 N–H and O–H groups in total.